The first-order chi connectivity index (χ1) is 10.9. The first kappa shape index (κ1) is 19.1. The summed E-state index contributed by atoms with van der Waals surface area (Å²) in [6.45, 7) is 0.638. The van der Waals surface area contributed by atoms with Crippen LogP contribution in [0.5, 0.6) is 5.75 Å². The number of hydrogen-bond acceptors (Lipinski definition) is 2. The van der Waals surface area contributed by atoms with Gasteiger partial charge in [0.05, 0.1) is 5.69 Å². The molecular weight excluding hydrogens is 434 g/mol. The molecule has 2 aliphatic carbocycles. The summed E-state index contributed by atoms with van der Waals surface area (Å²) in [4.78, 5) is 4.36. The Labute approximate surface area is 156 Å². The highest BCUT2D eigenvalue weighted by Gasteiger charge is 2.48. The molecule has 0 unspecified atom stereocenters. The normalized spacial score (nSPS) is 19.9. The van der Waals surface area contributed by atoms with E-state index < -0.39 is 6.36 Å². The summed E-state index contributed by atoms with van der Waals surface area (Å²) in [5.41, 5.74) is 6.27. The molecule has 2 aliphatic rings. The van der Waals surface area contributed by atoms with Crippen molar-refractivity contribution < 1.29 is 17.9 Å². The first-order valence-corrected chi connectivity index (χ1v) is 7.80. The molecule has 2 fully saturated rings. The molecule has 0 spiro atoms. The Hall–Kier alpha value is -1.19. The van der Waals surface area contributed by atoms with E-state index in [1.54, 1.807) is 6.07 Å². The van der Waals surface area contributed by atoms with Gasteiger partial charge in [-0.3, -0.25) is 4.99 Å². The zero-order valence-corrected chi connectivity index (χ0v) is 15.4. The van der Waals surface area contributed by atoms with Crippen LogP contribution >= 0.6 is 24.0 Å². The molecule has 4 nitrogen and oxygen atoms in total. The van der Waals surface area contributed by atoms with Crippen LogP contribution in [-0.4, -0.2) is 18.9 Å². The summed E-state index contributed by atoms with van der Waals surface area (Å²) < 4.78 is 41.2. The maximum Gasteiger partial charge on any atom is 0.573 e. The van der Waals surface area contributed by atoms with E-state index in [0.29, 0.717) is 6.54 Å². The number of nitrogens with two attached hydrogens (primary N) is 1. The van der Waals surface area contributed by atoms with E-state index >= 15 is 0 Å². The van der Waals surface area contributed by atoms with Crippen molar-refractivity contribution in [2.24, 2.45) is 22.1 Å². The molecule has 0 atom stereocenters. The van der Waals surface area contributed by atoms with E-state index in [0.717, 1.165) is 5.92 Å². The fraction of sp³-hybridized carbons (Fsp3) is 0.562. The third kappa shape index (κ3) is 4.67. The molecule has 0 bridgehead atoms. The summed E-state index contributed by atoms with van der Waals surface area (Å²) >= 11 is 0. The van der Waals surface area contributed by atoms with Crippen LogP contribution in [0.3, 0.4) is 0 Å². The van der Waals surface area contributed by atoms with Gasteiger partial charge in [-0.05, 0) is 49.1 Å². The molecule has 3 N–H and O–H groups in total. The molecule has 0 amide bonds. The second kappa shape index (κ2) is 7.37. The van der Waals surface area contributed by atoms with Crippen LogP contribution in [0.15, 0.2) is 29.3 Å². The van der Waals surface area contributed by atoms with Crippen LogP contribution in [-0.2, 0) is 0 Å². The van der Waals surface area contributed by atoms with Crippen molar-refractivity contribution in [3.05, 3.63) is 24.3 Å². The van der Waals surface area contributed by atoms with Gasteiger partial charge in [-0.1, -0.05) is 18.6 Å². The van der Waals surface area contributed by atoms with Crippen molar-refractivity contribution in [1.29, 1.82) is 0 Å². The van der Waals surface area contributed by atoms with Crippen molar-refractivity contribution in [2.45, 2.75) is 38.5 Å². The van der Waals surface area contributed by atoms with Crippen molar-refractivity contribution in [3.8, 4) is 5.75 Å². The van der Waals surface area contributed by atoms with Gasteiger partial charge in [0.15, 0.2) is 11.7 Å². The molecule has 134 valence electrons. The number of anilines is 1. The quantitative estimate of drug-likeness (QED) is 0.390. The minimum absolute atomic E-state index is 0. The van der Waals surface area contributed by atoms with Gasteiger partial charge in [-0.2, -0.15) is 0 Å². The molecule has 0 heterocycles. The monoisotopic (exact) mass is 455 g/mol. The van der Waals surface area contributed by atoms with E-state index in [1.807, 2.05) is 0 Å². The zero-order valence-electron chi connectivity index (χ0n) is 13.1. The Morgan fingerprint density at radius 3 is 2.50 bits per heavy atom. The Morgan fingerprint density at radius 1 is 1.29 bits per heavy atom. The maximum atomic E-state index is 12.4. The van der Waals surface area contributed by atoms with Crippen molar-refractivity contribution in [1.82, 2.24) is 0 Å². The van der Waals surface area contributed by atoms with Gasteiger partial charge in [0, 0.05) is 6.54 Å². The Bertz CT molecular complexity index is 598. The summed E-state index contributed by atoms with van der Waals surface area (Å²) in [6, 6.07) is 5.79. The number of hydrogen-bond donors (Lipinski definition) is 2. The van der Waals surface area contributed by atoms with Crippen LogP contribution in [0.4, 0.5) is 18.9 Å². The van der Waals surface area contributed by atoms with Crippen molar-refractivity contribution in [2.75, 3.05) is 11.9 Å². The van der Waals surface area contributed by atoms with Crippen LogP contribution in [0.2, 0.25) is 0 Å². The Kier molecular flexibility index (Phi) is 5.87. The third-order valence-electron chi connectivity index (χ3n) is 4.73. The van der Waals surface area contributed by atoms with E-state index in [1.165, 1.54) is 50.3 Å². The van der Waals surface area contributed by atoms with Crippen LogP contribution in [0, 0.1) is 11.3 Å². The lowest BCUT2D eigenvalue weighted by Gasteiger charge is -2.41. The predicted molar refractivity (Wildman–Crippen MR) is 97.7 cm³/mol. The smallest absolute Gasteiger partial charge is 0.404 e. The molecule has 8 heteroatoms. The molecule has 1 aromatic carbocycles. The minimum atomic E-state index is -4.74. The fourth-order valence-electron chi connectivity index (χ4n) is 3.23. The molecule has 24 heavy (non-hydrogen) atoms. The van der Waals surface area contributed by atoms with Crippen LogP contribution in [0.1, 0.15) is 32.1 Å². The van der Waals surface area contributed by atoms with Gasteiger partial charge < -0.3 is 15.8 Å². The number of ether oxygens (including phenoxy) is 1. The van der Waals surface area contributed by atoms with E-state index in [9.17, 15) is 13.2 Å². The van der Waals surface area contributed by atoms with Gasteiger partial charge in [0.2, 0.25) is 0 Å². The number of nitrogens with one attached hydrogen (secondary N) is 1. The lowest BCUT2D eigenvalue weighted by molar-refractivity contribution is -0.274. The number of nitrogens with zero attached hydrogens (tertiary/aromatic N) is 1. The zero-order chi connectivity index (χ0) is 16.5. The van der Waals surface area contributed by atoms with Crippen LogP contribution < -0.4 is 15.8 Å². The second-order valence-corrected chi connectivity index (χ2v) is 6.36. The van der Waals surface area contributed by atoms with E-state index in [-0.39, 0.29) is 46.8 Å². The van der Waals surface area contributed by atoms with Gasteiger partial charge >= 0.3 is 6.36 Å². The SMILES string of the molecule is I.NC(=NCC1(C2CC2)CCC1)Nc1ccccc1OC(F)(F)F. The van der Waals surface area contributed by atoms with Gasteiger partial charge in [0.25, 0.3) is 0 Å². The van der Waals surface area contributed by atoms with Gasteiger partial charge in [-0.15, -0.1) is 37.1 Å². The highest BCUT2D eigenvalue weighted by molar-refractivity contribution is 14.0. The largest absolute Gasteiger partial charge is 0.573 e. The minimum Gasteiger partial charge on any atom is -0.404 e. The molecule has 0 aromatic heterocycles. The Balaban J connectivity index is 0.00000208. The highest BCUT2D eigenvalue weighted by Crippen LogP contribution is 2.57. The number of alkyl halides is 3. The number of aliphatic imine (C=N–C) groups is 1. The van der Waals surface area contributed by atoms with Crippen LogP contribution in [0.25, 0.3) is 0 Å². The summed E-state index contributed by atoms with van der Waals surface area (Å²) in [5, 5.41) is 2.72. The van der Waals surface area contributed by atoms with Gasteiger partial charge in [0.1, 0.15) is 0 Å². The average Bonchev–Trinajstić information content (AvgIpc) is 3.23. The number of benzene rings is 1. The van der Waals surface area contributed by atoms with E-state index in [2.05, 4.69) is 15.0 Å². The summed E-state index contributed by atoms with van der Waals surface area (Å²) in [6.07, 6.45) is 1.33. The average molecular weight is 455 g/mol. The van der Waals surface area contributed by atoms with E-state index in [4.69, 9.17) is 5.73 Å². The van der Waals surface area contributed by atoms with Crippen molar-refractivity contribution in [3.63, 3.8) is 0 Å². The lowest BCUT2D eigenvalue weighted by atomic mass is 9.65. The summed E-state index contributed by atoms with van der Waals surface area (Å²) in [5.74, 6) is 0.544. The Morgan fingerprint density at radius 2 is 1.96 bits per heavy atom. The summed E-state index contributed by atoms with van der Waals surface area (Å²) in [7, 11) is 0. The molecule has 0 radical (unpaired) electrons. The molecule has 0 aliphatic heterocycles. The predicted octanol–water partition coefficient (Wildman–Crippen LogP) is 4.51. The molecule has 2 saturated carbocycles. The molecule has 3 rings (SSSR count). The first-order valence-electron chi connectivity index (χ1n) is 7.80. The standard InChI is InChI=1S/C16H20F3N3O.HI/c17-16(18,19)23-13-5-2-1-4-12(13)22-14(20)21-10-15(8-3-9-15)11-6-7-11;/h1-2,4-5,11H,3,6-10H2,(H3,20,21,22);1H. The lowest BCUT2D eigenvalue weighted by Crippen LogP contribution is -2.36. The topological polar surface area (TPSA) is 59.6 Å². The number of guanidine groups is 1. The number of para-hydroxylation sites is 2. The molecule has 1 aromatic rings. The maximum absolute atomic E-state index is 12.4. The third-order valence-corrected chi connectivity index (χ3v) is 4.73. The molecular formula is C16H21F3IN3O. The highest BCUT2D eigenvalue weighted by atomic mass is 127. The fourth-order valence-corrected chi connectivity index (χ4v) is 3.23. The second-order valence-electron chi connectivity index (χ2n) is 6.36. The number of halogens is 4. The number of rotatable bonds is 5. The van der Waals surface area contributed by atoms with Crippen molar-refractivity contribution >= 4 is 35.6 Å². The molecule has 0 saturated heterocycles. The van der Waals surface area contributed by atoms with Gasteiger partial charge in [-0.25, -0.2) is 0 Å².